The molecule has 0 aliphatic carbocycles. The van der Waals surface area contributed by atoms with Crippen molar-refractivity contribution in [1.82, 2.24) is 4.90 Å². The van der Waals surface area contributed by atoms with Gasteiger partial charge in [0.2, 0.25) is 0 Å². The molecule has 0 saturated carbocycles. The average Bonchev–Trinajstić information content (AvgIpc) is 2.49. The summed E-state index contributed by atoms with van der Waals surface area (Å²) in [5.41, 5.74) is 6.61. The highest BCUT2D eigenvalue weighted by Gasteiger charge is 2.21. The minimum absolute atomic E-state index is 0.0677. The van der Waals surface area contributed by atoms with Crippen LogP contribution in [-0.2, 0) is 9.53 Å². The lowest BCUT2D eigenvalue weighted by atomic mass is 10.1. The molecule has 1 amide bonds. The summed E-state index contributed by atoms with van der Waals surface area (Å²) < 4.78 is 4.62. The van der Waals surface area contributed by atoms with Crippen LogP contribution in [0.3, 0.4) is 0 Å². The van der Waals surface area contributed by atoms with E-state index in [1.54, 1.807) is 24.3 Å². The standard InChI is InChI=1S/C16H20N2O3/c1-12(2)18(11-15(19)21-3)16(20)14-8-6-13(7-9-14)5-4-10-17/h6-9,12H,10-11,17H2,1-3H3. The molecule has 0 aliphatic rings. The van der Waals surface area contributed by atoms with Crippen LogP contribution in [-0.4, -0.2) is 43.0 Å². The number of amides is 1. The second-order valence-corrected chi connectivity index (χ2v) is 4.69. The van der Waals surface area contributed by atoms with Gasteiger partial charge in [-0.05, 0) is 38.1 Å². The molecule has 0 fully saturated rings. The summed E-state index contributed by atoms with van der Waals surface area (Å²) in [5.74, 6) is 4.98. The Bertz CT molecular complexity index is 553. The molecule has 112 valence electrons. The lowest BCUT2D eigenvalue weighted by molar-refractivity contribution is -0.141. The van der Waals surface area contributed by atoms with Crippen molar-refractivity contribution in [1.29, 1.82) is 0 Å². The number of carbonyl (C=O) groups is 2. The van der Waals surface area contributed by atoms with Crippen molar-refractivity contribution < 1.29 is 14.3 Å². The molecular weight excluding hydrogens is 268 g/mol. The molecule has 0 saturated heterocycles. The number of benzene rings is 1. The van der Waals surface area contributed by atoms with Crippen LogP contribution in [0.4, 0.5) is 0 Å². The van der Waals surface area contributed by atoms with E-state index in [9.17, 15) is 9.59 Å². The molecule has 0 spiro atoms. The van der Waals surface area contributed by atoms with E-state index in [4.69, 9.17) is 5.73 Å². The molecule has 0 heterocycles. The first-order valence-electron chi connectivity index (χ1n) is 6.66. The normalized spacial score (nSPS) is 9.76. The van der Waals surface area contributed by atoms with Crippen LogP contribution < -0.4 is 5.73 Å². The summed E-state index contributed by atoms with van der Waals surface area (Å²) in [5, 5.41) is 0. The monoisotopic (exact) mass is 288 g/mol. The van der Waals surface area contributed by atoms with Gasteiger partial charge in [0.1, 0.15) is 6.54 Å². The van der Waals surface area contributed by atoms with Gasteiger partial charge in [-0.2, -0.15) is 0 Å². The van der Waals surface area contributed by atoms with Crippen molar-refractivity contribution in [2.45, 2.75) is 19.9 Å². The molecule has 1 rings (SSSR count). The molecule has 0 radical (unpaired) electrons. The molecule has 0 aromatic heterocycles. The number of nitrogens with two attached hydrogens (primary N) is 1. The van der Waals surface area contributed by atoms with Gasteiger partial charge >= 0.3 is 5.97 Å². The van der Waals surface area contributed by atoms with Gasteiger partial charge in [-0.1, -0.05) is 11.8 Å². The number of nitrogens with zero attached hydrogens (tertiary/aromatic N) is 1. The van der Waals surface area contributed by atoms with Gasteiger partial charge in [-0.25, -0.2) is 0 Å². The third-order valence-electron chi connectivity index (χ3n) is 2.88. The zero-order valence-corrected chi connectivity index (χ0v) is 12.6. The van der Waals surface area contributed by atoms with Crippen LogP contribution >= 0.6 is 0 Å². The lowest BCUT2D eigenvalue weighted by Crippen LogP contribution is -2.41. The molecule has 0 bridgehead atoms. The highest BCUT2D eigenvalue weighted by Crippen LogP contribution is 2.10. The van der Waals surface area contributed by atoms with Crippen LogP contribution in [0.1, 0.15) is 29.8 Å². The Balaban J connectivity index is 2.91. The predicted molar refractivity (Wildman–Crippen MR) is 80.6 cm³/mol. The predicted octanol–water partition coefficient (Wildman–Crippen LogP) is 1.02. The first-order chi connectivity index (χ1) is 9.99. The zero-order chi connectivity index (χ0) is 15.8. The number of rotatable bonds is 4. The minimum atomic E-state index is -0.442. The number of carbonyl (C=O) groups excluding carboxylic acids is 2. The number of methoxy groups -OCH3 is 1. The van der Waals surface area contributed by atoms with Crippen LogP contribution in [0.2, 0.25) is 0 Å². The van der Waals surface area contributed by atoms with Gasteiger partial charge in [0.25, 0.3) is 5.91 Å². The van der Waals surface area contributed by atoms with Gasteiger partial charge in [0, 0.05) is 17.2 Å². The smallest absolute Gasteiger partial charge is 0.325 e. The summed E-state index contributed by atoms with van der Waals surface area (Å²) in [4.78, 5) is 25.3. The van der Waals surface area contributed by atoms with E-state index in [-0.39, 0.29) is 18.5 Å². The third kappa shape index (κ3) is 4.93. The van der Waals surface area contributed by atoms with Gasteiger partial charge in [0.05, 0.1) is 13.7 Å². The Morgan fingerprint density at radius 1 is 1.29 bits per heavy atom. The fraction of sp³-hybridized carbons (Fsp3) is 0.375. The Labute approximate surface area is 125 Å². The summed E-state index contributed by atoms with van der Waals surface area (Å²) >= 11 is 0. The van der Waals surface area contributed by atoms with E-state index in [1.807, 2.05) is 13.8 Å². The lowest BCUT2D eigenvalue weighted by Gasteiger charge is -2.25. The molecule has 5 nitrogen and oxygen atoms in total. The fourth-order valence-corrected chi connectivity index (χ4v) is 1.71. The third-order valence-corrected chi connectivity index (χ3v) is 2.88. The quantitative estimate of drug-likeness (QED) is 0.663. The summed E-state index contributed by atoms with van der Waals surface area (Å²) in [6, 6.07) is 6.79. The number of hydrogen-bond donors (Lipinski definition) is 1. The SMILES string of the molecule is COC(=O)CN(C(=O)c1ccc(C#CCN)cc1)C(C)C. The van der Waals surface area contributed by atoms with Crippen molar-refractivity contribution in [3.8, 4) is 11.8 Å². The number of ether oxygens (including phenoxy) is 1. The van der Waals surface area contributed by atoms with Gasteiger partial charge in [-0.15, -0.1) is 0 Å². The largest absolute Gasteiger partial charge is 0.468 e. The molecule has 1 aromatic rings. The van der Waals surface area contributed by atoms with E-state index in [1.165, 1.54) is 12.0 Å². The summed E-state index contributed by atoms with van der Waals surface area (Å²) in [6.45, 7) is 3.92. The van der Waals surface area contributed by atoms with Crippen LogP contribution in [0.15, 0.2) is 24.3 Å². The molecule has 0 atom stereocenters. The number of esters is 1. The van der Waals surface area contributed by atoms with Gasteiger partial charge in [0.15, 0.2) is 0 Å². The molecule has 0 unspecified atom stereocenters. The number of hydrogen-bond acceptors (Lipinski definition) is 4. The maximum Gasteiger partial charge on any atom is 0.325 e. The Hall–Kier alpha value is -2.32. The topological polar surface area (TPSA) is 72.6 Å². The second-order valence-electron chi connectivity index (χ2n) is 4.69. The first-order valence-corrected chi connectivity index (χ1v) is 6.66. The minimum Gasteiger partial charge on any atom is -0.468 e. The highest BCUT2D eigenvalue weighted by molar-refractivity contribution is 5.96. The van der Waals surface area contributed by atoms with Crippen LogP contribution in [0.5, 0.6) is 0 Å². The Morgan fingerprint density at radius 2 is 1.90 bits per heavy atom. The summed E-state index contributed by atoms with van der Waals surface area (Å²) in [6.07, 6.45) is 0. The Morgan fingerprint density at radius 3 is 2.38 bits per heavy atom. The van der Waals surface area contributed by atoms with Crippen molar-refractivity contribution in [2.75, 3.05) is 20.2 Å². The highest BCUT2D eigenvalue weighted by atomic mass is 16.5. The van der Waals surface area contributed by atoms with Gasteiger partial charge < -0.3 is 15.4 Å². The Kier molecular flexibility index (Phi) is 6.44. The van der Waals surface area contributed by atoms with Crippen LogP contribution in [0.25, 0.3) is 0 Å². The molecule has 21 heavy (non-hydrogen) atoms. The van der Waals surface area contributed by atoms with E-state index < -0.39 is 5.97 Å². The molecule has 0 aliphatic heterocycles. The van der Waals surface area contributed by atoms with E-state index >= 15 is 0 Å². The van der Waals surface area contributed by atoms with E-state index in [0.717, 1.165) is 5.56 Å². The van der Waals surface area contributed by atoms with Crippen LogP contribution in [0, 0.1) is 11.8 Å². The first kappa shape index (κ1) is 16.7. The fourth-order valence-electron chi connectivity index (χ4n) is 1.71. The summed E-state index contributed by atoms with van der Waals surface area (Å²) in [7, 11) is 1.30. The maximum absolute atomic E-state index is 12.4. The molecule has 2 N–H and O–H groups in total. The van der Waals surface area contributed by atoms with Crippen molar-refractivity contribution >= 4 is 11.9 Å². The molecule has 5 heteroatoms. The van der Waals surface area contributed by atoms with Crippen molar-refractivity contribution in [3.63, 3.8) is 0 Å². The van der Waals surface area contributed by atoms with Crippen molar-refractivity contribution in [2.24, 2.45) is 5.73 Å². The maximum atomic E-state index is 12.4. The van der Waals surface area contributed by atoms with E-state index in [2.05, 4.69) is 16.6 Å². The zero-order valence-electron chi connectivity index (χ0n) is 12.6. The van der Waals surface area contributed by atoms with E-state index in [0.29, 0.717) is 12.1 Å². The van der Waals surface area contributed by atoms with Crippen molar-refractivity contribution in [3.05, 3.63) is 35.4 Å². The second kappa shape index (κ2) is 8.08. The molecule has 1 aromatic carbocycles. The van der Waals surface area contributed by atoms with Gasteiger partial charge in [-0.3, -0.25) is 9.59 Å². The average molecular weight is 288 g/mol. The molecular formula is C16H20N2O3.